The predicted octanol–water partition coefficient (Wildman–Crippen LogP) is 4.61. The molecular weight excluding hydrogens is 276 g/mol. The number of hydrogen-bond acceptors (Lipinski definition) is 3. The Morgan fingerprint density at radius 2 is 2.19 bits per heavy atom. The lowest BCUT2D eigenvalue weighted by Gasteiger charge is -2.50. The van der Waals surface area contributed by atoms with Crippen LogP contribution < -0.4 is 5.32 Å². The first-order valence-corrected chi connectivity index (χ1v) is 9.28. The summed E-state index contributed by atoms with van der Waals surface area (Å²) in [5, 5.41) is 3.88. The second-order valence-corrected chi connectivity index (χ2v) is 8.35. The van der Waals surface area contributed by atoms with Crippen LogP contribution in [0, 0.1) is 12.8 Å². The van der Waals surface area contributed by atoms with Crippen LogP contribution in [0.25, 0.3) is 0 Å². The molecule has 1 aromatic rings. The summed E-state index contributed by atoms with van der Waals surface area (Å²) >= 11 is 1.97. The third-order valence-corrected chi connectivity index (χ3v) is 6.15. The van der Waals surface area contributed by atoms with Gasteiger partial charge in [0.1, 0.15) is 0 Å². The van der Waals surface area contributed by atoms with Crippen molar-refractivity contribution in [2.24, 2.45) is 5.92 Å². The second kappa shape index (κ2) is 7.26. The van der Waals surface area contributed by atoms with Crippen molar-refractivity contribution in [2.75, 3.05) is 20.6 Å². The van der Waals surface area contributed by atoms with E-state index in [9.17, 15) is 0 Å². The molecule has 1 aromatic heterocycles. The Labute approximate surface area is 134 Å². The fourth-order valence-electron chi connectivity index (χ4n) is 3.94. The van der Waals surface area contributed by atoms with Gasteiger partial charge in [0.25, 0.3) is 0 Å². The summed E-state index contributed by atoms with van der Waals surface area (Å²) in [6.45, 7) is 8.01. The van der Waals surface area contributed by atoms with Crippen molar-refractivity contribution in [1.29, 1.82) is 0 Å². The second-order valence-electron chi connectivity index (χ2n) is 7.04. The van der Waals surface area contributed by atoms with Crippen LogP contribution >= 0.6 is 11.3 Å². The Morgan fingerprint density at radius 1 is 1.43 bits per heavy atom. The Hall–Kier alpha value is -0.380. The van der Waals surface area contributed by atoms with Crippen LogP contribution in [0.15, 0.2) is 12.1 Å². The zero-order valence-corrected chi connectivity index (χ0v) is 15.2. The minimum absolute atomic E-state index is 0.268. The van der Waals surface area contributed by atoms with E-state index in [0.717, 1.165) is 12.5 Å². The van der Waals surface area contributed by atoms with E-state index in [-0.39, 0.29) is 5.54 Å². The molecule has 0 bridgehead atoms. The largest absolute Gasteiger partial charge is 0.308 e. The van der Waals surface area contributed by atoms with E-state index >= 15 is 0 Å². The summed E-state index contributed by atoms with van der Waals surface area (Å²) in [5.74, 6) is 0.827. The van der Waals surface area contributed by atoms with Crippen LogP contribution in [0.5, 0.6) is 0 Å². The van der Waals surface area contributed by atoms with Gasteiger partial charge < -0.3 is 10.2 Å². The zero-order chi connectivity index (χ0) is 15.5. The molecule has 0 amide bonds. The molecule has 0 aromatic carbocycles. The van der Waals surface area contributed by atoms with Gasteiger partial charge in [0, 0.05) is 15.3 Å². The molecule has 3 unspecified atom stereocenters. The topological polar surface area (TPSA) is 15.3 Å². The highest BCUT2D eigenvalue weighted by Gasteiger charge is 2.44. The van der Waals surface area contributed by atoms with Crippen LogP contribution in [0.2, 0.25) is 0 Å². The highest BCUT2D eigenvalue weighted by molar-refractivity contribution is 7.12. The molecule has 120 valence electrons. The number of aryl methyl sites for hydroxylation is 1. The molecule has 0 radical (unpaired) electrons. The van der Waals surface area contributed by atoms with Crippen LogP contribution in [0.1, 0.15) is 61.7 Å². The quantitative estimate of drug-likeness (QED) is 0.825. The van der Waals surface area contributed by atoms with Crippen molar-refractivity contribution in [2.45, 2.75) is 64.5 Å². The third kappa shape index (κ3) is 3.69. The highest BCUT2D eigenvalue weighted by Crippen LogP contribution is 2.45. The van der Waals surface area contributed by atoms with Crippen molar-refractivity contribution in [3.8, 4) is 0 Å². The Morgan fingerprint density at radius 3 is 2.71 bits per heavy atom. The SMILES string of the molecule is CCCNC(c1ccc(C)s1)C1(N(C)C)CCCC(C)C1. The van der Waals surface area contributed by atoms with Gasteiger partial charge >= 0.3 is 0 Å². The predicted molar refractivity (Wildman–Crippen MR) is 94.1 cm³/mol. The van der Waals surface area contributed by atoms with Gasteiger partial charge in [-0.05, 0) is 64.9 Å². The van der Waals surface area contributed by atoms with Gasteiger partial charge in [-0.15, -0.1) is 11.3 Å². The van der Waals surface area contributed by atoms with E-state index < -0.39 is 0 Å². The van der Waals surface area contributed by atoms with Gasteiger partial charge in [-0.1, -0.05) is 26.7 Å². The number of nitrogens with one attached hydrogen (secondary N) is 1. The summed E-state index contributed by atoms with van der Waals surface area (Å²) in [6.07, 6.45) is 6.55. The molecule has 0 saturated heterocycles. The molecule has 1 aliphatic rings. The van der Waals surface area contributed by atoms with Crippen molar-refractivity contribution in [3.05, 3.63) is 21.9 Å². The normalized spacial score (nSPS) is 28.0. The van der Waals surface area contributed by atoms with E-state index in [2.05, 4.69) is 57.2 Å². The molecule has 0 spiro atoms. The van der Waals surface area contributed by atoms with Crippen LogP contribution in [0.4, 0.5) is 0 Å². The van der Waals surface area contributed by atoms with Gasteiger partial charge in [0.05, 0.1) is 6.04 Å². The Kier molecular flexibility index (Phi) is 5.87. The molecule has 21 heavy (non-hydrogen) atoms. The van der Waals surface area contributed by atoms with Crippen LogP contribution in [-0.2, 0) is 0 Å². The number of hydrogen-bond donors (Lipinski definition) is 1. The van der Waals surface area contributed by atoms with Crippen molar-refractivity contribution in [1.82, 2.24) is 10.2 Å². The molecular formula is C18H32N2S. The zero-order valence-electron chi connectivity index (χ0n) is 14.4. The number of rotatable bonds is 6. The van der Waals surface area contributed by atoms with Crippen LogP contribution in [0.3, 0.4) is 0 Å². The van der Waals surface area contributed by atoms with E-state index in [1.807, 2.05) is 11.3 Å². The fourth-order valence-corrected chi connectivity index (χ4v) is 5.01. The maximum absolute atomic E-state index is 3.88. The lowest BCUT2D eigenvalue weighted by Crippen LogP contribution is -2.56. The van der Waals surface area contributed by atoms with Crippen LogP contribution in [-0.4, -0.2) is 31.1 Å². The summed E-state index contributed by atoms with van der Waals surface area (Å²) in [4.78, 5) is 5.44. The van der Waals surface area contributed by atoms with E-state index in [4.69, 9.17) is 0 Å². The average molecular weight is 309 g/mol. The van der Waals surface area contributed by atoms with Gasteiger partial charge in [0.15, 0.2) is 0 Å². The highest BCUT2D eigenvalue weighted by atomic mass is 32.1. The maximum atomic E-state index is 3.88. The standard InChI is InChI=1S/C18H32N2S/c1-6-12-19-17(16-10-9-15(3)21-16)18(20(4)5)11-7-8-14(2)13-18/h9-10,14,17,19H,6-8,11-13H2,1-5H3. The van der Waals surface area contributed by atoms with Gasteiger partial charge in [-0.3, -0.25) is 0 Å². The van der Waals surface area contributed by atoms with Gasteiger partial charge in [0.2, 0.25) is 0 Å². The van der Waals surface area contributed by atoms with Gasteiger partial charge in [-0.25, -0.2) is 0 Å². The van der Waals surface area contributed by atoms with Crippen molar-refractivity contribution < 1.29 is 0 Å². The summed E-state index contributed by atoms with van der Waals surface area (Å²) in [5.41, 5.74) is 0.268. The van der Waals surface area contributed by atoms with Crippen molar-refractivity contribution in [3.63, 3.8) is 0 Å². The molecule has 1 heterocycles. The van der Waals surface area contributed by atoms with E-state index in [1.54, 1.807) is 0 Å². The maximum Gasteiger partial charge on any atom is 0.0601 e. The molecule has 1 N–H and O–H groups in total. The van der Waals surface area contributed by atoms with E-state index in [0.29, 0.717) is 6.04 Å². The Balaban J connectivity index is 2.35. The lowest BCUT2D eigenvalue weighted by atomic mass is 9.71. The van der Waals surface area contributed by atoms with Gasteiger partial charge in [-0.2, -0.15) is 0 Å². The number of thiophene rings is 1. The minimum Gasteiger partial charge on any atom is -0.308 e. The third-order valence-electron chi connectivity index (χ3n) is 5.08. The minimum atomic E-state index is 0.268. The summed E-state index contributed by atoms with van der Waals surface area (Å²) < 4.78 is 0. The molecule has 3 heteroatoms. The first-order chi connectivity index (χ1) is 9.99. The fraction of sp³-hybridized carbons (Fsp3) is 0.778. The molecule has 0 aliphatic heterocycles. The molecule has 2 rings (SSSR count). The monoisotopic (exact) mass is 308 g/mol. The molecule has 3 atom stereocenters. The summed E-state index contributed by atoms with van der Waals surface area (Å²) in [6, 6.07) is 5.09. The van der Waals surface area contributed by atoms with E-state index in [1.165, 1.54) is 41.9 Å². The molecule has 1 aliphatic carbocycles. The number of likely N-dealkylation sites (N-methyl/N-ethyl adjacent to an activating group) is 1. The lowest BCUT2D eigenvalue weighted by molar-refractivity contribution is 0.0379. The first-order valence-electron chi connectivity index (χ1n) is 8.46. The molecule has 1 saturated carbocycles. The Bertz CT molecular complexity index is 440. The smallest absolute Gasteiger partial charge is 0.0601 e. The summed E-state index contributed by atoms with van der Waals surface area (Å²) in [7, 11) is 4.55. The van der Waals surface area contributed by atoms with Crippen molar-refractivity contribution >= 4 is 11.3 Å². The average Bonchev–Trinajstić information content (AvgIpc) is 2.85. The molecule has 2 nitrogen and oxygen atoms in total. The first kappa shape index (κ1) is 17.0. The molecule has 1 fully saturated rings. The number of nitrogens with zero attached hydrogens (tertiary/aromatic N) is 1.